The summed E-state index contributed by atoms with van der Waals surface area (Å²) in [5.74, 6) is -3.74. The Morgan fingerprint density at radius 1 is 1.10 bits per heavy atom. The molecule has 4 N–H and O–H groups in total. The van der Waals surface area contributed by atoms with Crippen LogP contribution >= 0.6 is 0 Å². The van der Waals surface area contributed by atoms with Crippen LogP contribution in [0, 0.1) is 11.3 Å². The van der Waals surface area contributed by atoms with Crippen LogP contribution in [0.4, 0.5) is 13.2 Å². The first kappa shape index (κ1) is 23.5. The molecule has 0 fully saturated rings. The molecule has 0 aromatic heterocycles. The number of nitriles is 1. The van der Waals surface area contributed by atoms with E-state index in [0.29, 0.717) is 13.0 Å². The van der Waals surface area contributed by atoms with Crippen LogP contribution in [0.2, 0.25) is 0 Å². The summed E-state index contributed by atoms with van der Waals surface area (Å²) in [5, 5.41) is 23.9. The largest absolute Gasteiger partial charge is 0.484 e. The Labute approximate surface area is 163 Å². The van der Waals surface area contributed by atoms with Gasteiger partial charge in [0, 0.05) is 6.42 Å². The molecule has 2 aromatic rings. The van der Waals surface area contributed by atoms with E-state index >= 15 is 0 Å². The first-order chi connectivity index (χ1) is 13.6. The molecule has 0 amide bonds. The molecule has 154 valence electrons. The second-order valence-electron chi connectivity index (χ2n) is 5.53. The fourth-order valence-electron chi connectivity index (χ4n) is 2.15. The van der Waals surface area contributed by atoms with Gasteiger partial charge in [0.15, 0.2) is 0 Å². The highest BCUT2D eigenvalue weighted by molar-refractivity contribution is 6.27. The number of carboxylic acid groups (broad SMARTS) is 2. The standard InChI is InChI=1S/C17H15F3N2O.C2H2O4/c18-17(19,20)14-7-6-13(11-22)16(10-14)23-15(8-9-21)12-4-2-1-3-5-12;3-1(4)2(5)6/h1-7,10,15H,8-9,21H2;(H,3,4)(H,5,6)/t15-;/m1./s1. The average Bonchev–Trinajstić information content (AvgIpc) is 2.68. The highest BCUT2D eigenvalue weighted by Crippen LogP contribution is 2.35. The Hall–Kier alpha value is -3.58. The molecule has 2 rings (SSSR count). The summed E-state index contributed by atoms with van der Waals surface area (Å²) < 4.78 is 44.3. The average molecular weight is 410 g/mol. The number of aliphatic carboxylic acids is 2. The van der Waals surface area contributed by atoms with E-state index in [1.165, 1.54) is 0 Å². The number of hydrogen-bond donors (Lipinski definition) is 3. The molecular formula is C19H17F3N2O5. The van der Waals surface area contributed by atoms with Crippen molar-refractivity contribution in [3.63, 3.8) is 0 Å². The molecule has 0 saturated carbocycles. The first-order valence-corrected chi connectivity index (χ1v) is 8.09. The van der Waals surface area contributed by atoms with Crippen molar-refractivity contribution in [3.05, 3.63) is 65.2 Å². The van der Waals surface area contributed by atoms with E-state index in [-0.39, 0.29) is 11.3 Å². The fourth-order valence-corrected chi connectivity index (χ4v) is 2.15. The molecule has 10 heteroatoms. The molecule has 0 bridgehead atoms. The van der Waals surface area contributed by atoms with Gasteiger partial charge in [-0.1, -0.05) is 30.3 Å². The topological polar surface area (TPSA) is 134 Å². The summed E-state index contributed by atoms with van der Waals surface area (Å²) in [4.78, 5) is 18.2. The van der Waals surface area contributed by atoms with Crippen LogP contribution in [0.5, 0.6) is 5.75 Å². The van der Waals surface area contributed by atoms with Crippen molar-refractivity contribution in [3.8, 4) is 11.8 Å². The van der Waals surface area contributed by atoms with E-state index in [9.17, 15) is 13.2 Å². The fraction of sp³-hybridized carbons (Fsp3) is 0.211. The van der Waals surface area contributed by atoms with Crippen LogP contribution in [-0.2, 0) is 15.8 Å². The molecule has 29 heavy (non-hydrogen) atoms. The molecule has 0 aliphatic heterocycles. The van der Waals surface area contributed by atoms with Gasteiger partial charge in [-0.15, -0.1) is 0 Å². The lowest BCUT2D eigenvalue weighted by Crippen LogP contribution is -2.14. The zero-order chi connectivity index (χ0) is 22.0. The van der Waals surface area contributed by atoms with Crippen LogP contribution < -0.4 is 10.5 Å². The van der Waals surface area contributed by atoms with Crippen molar-refractivity contribution in [1.29, 1.82) is 5.26 Å². The van der Waals surface area contributed by atoms with E-state index in [1.54, 1.807) is 24.3 Å². The van der Waals surface area contributed by atoms with Crippen LogP contribution in [0.3, 0.4) is 0 Å². The van der Waals surface area contributed by atoms with Crippen LogP contribution in [0.1, 0.15) is 29.2 Å². The van der Waals surface area contributed by atoms with Gasteiger partial charge in [-0.3, -0.25) is 0 Å². The third-order valence-electron chi connectivity index (χ3n) is 3.48. The summed E-state index contributed by atoms with van der Waals surface area (Å²) in [6.45, 7) is 0.306. The van der Waals surface area contributed by atoms with Crippen molar-refractivity contribution in [2.75, 3.05) is 6.54 Å². The lowest BCUT2D eigenvalue weighted by atomic mass is 10.1. The van der Waals surface area contributed by atoms with Gasteiger partial charge in [-0.2, -0.15) is 18.4 Å². The molecule has 0 radical (unpaired) electrons. The molecule has 0 spiro atoms. The van der Waals surface area contributed by atoms with Gasteiger partial charge >= 0.3 is 18.1 Å². The van der Waals surface area contributed by atoms with Crippen molar-refractivity contribution in [1.82, 2.24) is 0 Å². The quantitative estimate of drug-likeness (QED) is 0.645. The Morgan fingerprint density at radius 3 is 2.14 bits per heavy atom. The maximum atomic E-state index is 12.9. The minimum absolute atomic E-state index is 0.0518. The van der Waals surface area contributed by atoms with E-state index in [4.69, 9.17) is 35.5 Å². The maximum absolute atomic E-state index is 12.9. The Bertz CT molecular complexity index is 868. The molecule has 2 aromatic carbocycles. The van der Waals surface area contributed by atoms with E-state index in [0.717, 1.165) is 23.8 Å². The number of carbonyl (C=O) groups is 2. The highest BCUT2D eigenvalue weighted by Gasteiger charge is 2.31. The molecular weight excluding hydrogens is 393 g/mol. The van der Waals surface area contributed by atoms with E-state index < -0.39 is 29.8 Å². The van der Waals surface area contributed by atoms with Gasteiger partial charge in [0.1, 0.15) is 17.9 Å². The van der Waals surface area contributed by atoms with Gasteiger partial charge in [0.2, 0.25) is 0 Å². The number of carboxylic acids is 2. The first-order valence-electron chi connectivity index (χ1n) is 8.09. The smallest absolute Gasteiger partial charge is 0.416 e. The Morgan fingerprint density at radius 2 is 1.69 bits per heavy atom. The summed E-state index contributed by atoms with van der Waals surface area (Å²) in [6, 6.07) is 13.7. The van der Waals surface area contributed by atoms with Crippen molar-refractivity contribution >= 4 is 11.9 Å². The predicted molar refractivity (Wildman–Crippen MR) is 94.9 cm³/mol. The Kier molecular flexibility index (Phi) is 8.64. The number of ether oxygens (including phenoxy) is 1. The second kappa shape index (κ2) is 10.7. The van der Waals surface area contributed by atoms with Gasteiger partial charge in [-0.25, -0.2) is 9.59 Å². The van der Waals surface area contributed by atoms with Crippen molar-refractivity contribution in [2.24, 2.45) is 5.73 Å². The number of rotatable bonds is 5. The zero-order valence-corrected chi connectivity index (χ0v) is 14.9. The predicted octanol–water partition coefficient (Wildman–Crippen LogP) is 3.20. The monoisotopic (exact) mass is 410 g/mol. The summed E-state index contributed by atoms with van der Waals surface area (Å²) in [6.07, 6.45) is -4.59. The molecule has 0 heterocycles. The minimum Gasteiger partial charge on any atom is -0.484 e. The van der Waals surface area contributed by atoms with Crippen LogP contribution in [0.15, 0.2) is 48.5 Å². The minimum atomic E-state index is -4.50. The van der Waals surface area contributed by atoms with E-state index in [2.05, 4.69) is 0 Å². The highest BCUT2D eigenvalue weighted by atomic mass is 19.4. The Balaban J connectivity index is 0.000000612. The summed E-state index contributed by atoms with van der Waals surface area (Å²) in [7, 11) is 0. The third-order valence-corrected chi connectivity index (χ3v) is 3.48. The summed E-state index contributed by atoms with van der Waals surface area (Å²) >= 11 is 0. The van der Waals surface area contributed by atoms with Gasteiger partial charge in [-0.05, 0) is 30.3 Å². The molecule has 0 aliphatic rings. The van der Waals surface area contributed by atoms with Crippen molar-refractivity contribution in [2.45, 2.75) is 18.7 Å². The SMILES string of the molecule is N#Cc1ccc(C(F)(F)F)cc1O[C@H](CCN)c1ccccc1.O=C(O)C(=O)O. The van der Waals surface area contributed by atoms with E-state index in [1.807, 2.05) is 12.1 Å². The molecule has 0 saturated heterocycles. The third kappa shape index (κ3) is 7.51. The van der Waals surface area contributed by atoms with Crippen LogP contribution in [0.25, 0.3) is 0 Å². The number of nitrogens with zero attached hydrogens (tertiary/aromatic N) is 1. The second-order valence-corrected chi connectivity index (χ2v) is 5.53. The molecule has 7 nitrogen and oxygen atoms in total. The maximum Gasteiger partial charge on any atom is 0.416 e. The number of benzene rings is 2. The number of nitrogens with two attached hydrogens (primary N) is 1. The van der Waals surface area contributed by atoms with Gasteiger partial charge in [0.25, 0.3) is 0 Å². The number of hydrogen-bond acceptors (Lipinski definition) is 5. The molecule has 0 aliphatic carbocycles. The molecule has 1 atom stereocenters. The van der Waals surface area contributed by atoms with Crippen molar-refractivity contribution < 1.29 is 37.7 Å². The van der Waals surface area contributed by atoms with Crippen LogP contribution in [-0.4, -0.2) is 28.7 Å². The zero-order valence-electron chi connectivity index (χ0n) is 14.9. The lowest BCUT2D eigenvalue weighted by Gasteiger charge is -2.20. The number of halogens is 3. The van der Waals surface area contributed by atoms with Gasteiger partial charge < -0.3 is 20.7 Å². The lowest BCUT2D eigenvalue weighted by molar-refractivity contribution is -0.159. The normalized spacial score (nSPS) is 11.4. The van der Waals surface area contributed by atoms with Gasteiger partial charge in [0.05, 0.1) is 11.1 Å². The summed E-state index contributed by atoms with van der Waals surface area (Å²) in [5.41, 5.74) is 5.55. The number of alkyl halides is 3. The molecule has 0 unspecified atom stereocenters.